The van der Waals surface area contributed by atoms with Crippen molar-refractivity contribution < 1.29 is 34.7 Å². The Bertz CT molecular complexity index is 1110. The van der Waals surface area contributed by atoms with Crippen molar-refractivity contribution in [3.05, 3.63) is 16.8 Å². The van der Waals surface area contributed by atoms with Gasteiger partial charge in [-0.25, -0.2) is 4.79 Å². The van der Waals surface area contributed by atoms with Crippen molar-refractivity contribution in [3.63, 3.8) is 0 Å². The van der Waals surface area contributed by atoms with Crippen molar-refractivity contribution in [2.45, 2.75) is 88.5 Å². The average molecular weight is 505 g/mol. The second kappa shape index (κ2) is 10.2. The number of aliphatic hydroxyl groups excluding tert-OH is 3. The molecule has 2 aliphatic heterocycles. The number of pyridine rings is 1. The number of nitrogens with zero attached hydrogens (tertiary/aromatic N) is 4. The molecule has 2 aromatic rings. The van der Waals surface area contributed by atoms with Crippen LogP contribution >= 0.6 is 0 Å². The fourth-order valence-electron chi connectivity index (χ4n) is 5.92. The maximum Gasteiger partial charge on any atom is 0.335 e. The molecule has 0 aromatic carbocycles. The number of fused-ring (bicyclic) bond motifs is 3. The first-order chi connectivity index (χ1) is 17.3. The summed E-state index contributed by atoms with van der Waals surface area (Å²) in [6, 6.07) is 0. The Balaban J connectivity index is 1.49. The zero-order chi connectivity index (χ0) is 25.6. The molecule has 0 unspecified atom stereocenters. The van der Waals surface area contributed by atoms with Crippen molar-refractivity contribution in [1.82, 2.24) is 19.7 Å². The number of aromatic nitrogens is 3. The Morgan fingerprint density at radius 1 is 1.08 bits per heavy atom. The molecule has 11 heteroatoms. The second-order valence-corrected chi connectivity index (χ2v) is 10.3. The van der Waals surface area contributed by atoms with Crippen molar-refractivity contribution in [2.24, 2.45) is 7.05 Å². The molecular formula is C25H36N4O7. The van der Waals surface area contributed by atoms with E-state index in [1.54, 1.807) is 4.68 Å². The molecule has 4 heterocycles. The van der Waals surface area contributed by atoms with Gasteiger partial charge in [-0.05, 0) is 70.1 Å². The van der Waals surface area contributed by atoms with E-state index < -0.39 is 36.7 Å². The number of carbonyl (C=O) groups is 1. The summed E-state index contributed by atoms with van der Waals surface area (Å²) < 4.78 is 13.1. The van der Waals surface area contributed by atoms with Crippen LogP contribution in [0.5, 0.6) is 5.88 Å². The topological polar surface area (TPSA) is 150 Å². The minimum atomic E-state index is -1.77. The fraction of sp³-hybridized carbons (Fsp3) is 0.720. The molecule has 2 fully saturated rings. The Kier molecular flexibility index (Phi) is 7.19. The van der Waals surface area contributed by atoms with Crippen LogP contribution in [0.1, 0.15) is 61.8 Å². The van der Waals surface area contributed by atoms with Gasteiger partial charge in [-0.1, -0.05) is 6.92 Å². The zero-order valence-electron chi connectivity index (χ0n) is 20.8. The van der Waals surface area contributed by atoms with Gasteiger partial charge >= 0.3 is 5.97 Å². The summed E-state index contributed by atoms with van der Waals surface area (Å²) in [4.78, 5) is 18.8. The number of hydrogen-bond donors (Lipinski definition) is 4. The molecule has 5 atom stereocenters. The number of rotatable bonds is 6. The Morgan fingerprint density at radius 2 is 1.78 bits per heavy atom. The molecule has 0 spiro atoms. The molecule has 36 heavy (non-hydrogen) atoms. The molecule has 0 radical (unpaired) electrons. The lowest BCUT2D eigenvalue weighted by Gasteiger charge is -2.38. The van der Waals surface area contributed by atoms with Gasteiger partial charge in [0.15, 0.2) is 11.8 Å². The summed E-state index contributed by atoms with van der Waals surface area (Å²) in [5.74, 6) is -0.840. The summed E-state index contributed by atoms with van der Waals surface area (Å²) in [7, 11) is 1.86. The maximum atomic E-state index is 11.5. The van der Waals surface area contributed by atoms with Crippen LogP contribution in [0.4, 0.5) is 0 Å². The minimum Gasteiger partial charge on any atom is -0.479 e. The van der Waals surface area contributed by atoms with E-state index in [1.165, 1.54) is 0 Å². The van der Waals surface area contributed by atoms with Crippen LogP contribution in [0, 0.1) is 0 Å². The minimum absolute atomic E-state index is 0.251. The van der Waals surface area contributed by atoms with E-state index in [2.05, 4.69) is 11.8 Å². The van der Waals surface area contributed by atoms with Crippen molar-refractivity contribution in [1.29, 1.82) is 0 Å². The molecular weight excluding hydrogens is 468 g/mol. The normalized spacial score (nSPS) is 29.9. The number of aryl methyl sites for hydroxylation is 2. The molecule has 4 N–H and O–H groups in total. The van der Waals surface area contributed by atoms with Crippen LogP contribution < -0.4 is 4.74 Å². The third-order valence-electron chi connectivity index (χ3n) is 7.83. The number of carboxylic acid groups (broad SMARTS) is 1. The Morgan fingerprint density at radius 3 is 2.44 bits per heavy atom. The van der Waals surface area contributed by atoms with Gasteiger partial charge in [0.05, 0.1) is 5.69 Å². The number of hydrogen-bond acceptors (Lipinski definition) is 9. The predicted molar refractivity (Wildman–Crippen MR) is 129 cm³/mol. The second-order valence-electron chi connectivity index (χ2n) is 10.3. The summed E-state index contributed by atoms with van der Waals surface area (Å²) in [5.41, 5.74) is 3.81. The smallest absolute Gasteiger partial charge is 0.335 e. The highest BCUT2D eigenvalue weighted by atomic mass is 16.7. The monoisotopic (exact) mass is 504 g/mol. The number of carboxylic acids is 1. The highest BCUT2D eigenvalue weighted by Crippen LogP contribution is 2.40. The maximum absolute atomic E-state index is 11.5. The van der Waals surface area contributed by atoms with Crippen LogP contribution in [0.25, 0.3) is 11.0 Å². The third-order valence-corrected chi connectivity index (χ3v) is 7.83. The number of likely N-dealkylation sites (tertiary alicyclic amines) is 1. The standard InChI is InChI=1S/C25H36N4O7/c1-3-10-29-11-8-13(9-12-29)17-16-14-6-4-5-7-15(14)23(26-22(16)28(2)27-17)36-25-20(32)18(30)19(31)21(35-25)24(33)34/h13,18-21,25,30-32H,3-12H2,1-2H3,(H,33,34)/t18-,19-,20+,21-,25-/m0/s1. The first kappa shape index (κ1) is 25.3. The Labute approximate surface area is 209 Å². The van der Waals surface area contributed by atoms with Crippen LogP contribution in [-0.4, -0.2) is 96.4 Å². The number of piperidine rings is 1. The zero-order valence-corrected chi connectivity index (χ0v) is 20.8. The highest BCUT2D eigenvalue weighted by Gasteiger charge is 2.48. The lowest BCUT2D eigenvalue weighted by atomic mass is 9.86. The van der Waals surface area contributed by atoms with Gasteiger partial charge in [0, 0.05) is 23.9 Å². The lowest BCUT2D eigenvalue weighted by molar-refractivity contribution is -0.271. The summed E-state index contributed by atoms with van der Waals surface area (Å²) >= 11 is 0. The van der Waals surface area contributed by atoms with Crippen LogP contribution in [0.2, 0.25) is 0 Å². The largest absolute Gasteiger partial charge is 0.479 e. The van der Waals surface area contributed by atoms with E-state index >= 15 is 0 Å². The van der Waals surface area contributed by atoms with E-state index in [1.807, 2.05) is 7.05 Å². The molecule has 5 rings (SSSR count). The van der Waals surface area contributed by atoms with Gasteiger partial charge < -0.3 is 34.8 Å². The SMILES string of the molecule is CCCN1CCC(c2nn(C)c3nc(O[C@@H]4O[C@H](C(=O)O)[C@@H](O)[C@H](O)[C@H]4O)c4c(c23)CCCC4)CC1. The number of aliphatic carboxylic acids is 1. The van der Waals surface area contributed by atoms with E-state index in [-0.39, 0.29) is 5.88 Å². The quantitative estimate of drug-likeness (QED) is 0.443. The van der Waals surface area contributed by atoms with E-state index in [9.17, 15) is 25.2 Å². The Hall–Kier alpha value is -2.31. The highest BCUT2D eigenvalue weighted by molar-refractivity contribution is 5.85. The molecule has 198 valence electrons. The van der Waals surface area contributed by atoms with Crippen molar-refractivity contribution in [2.75, 3.05) is 19.6 Å². The third kappa shape index (κ3) is 4.47. The molecule has 1 aliphatic carbocycles. The van der Waals surface area contributed by atoms with Crippen molar-refractivity contribution >= 4 is 17.0 Å². The van der Waals surface area contributed by atoms with Crippen molar-refractivity contribution in [3.8, 4) is 5.88 Å². The summed E-state index contributed by atoms with van der Waals surface area (Å²) in [5, 5.41) is 46.0. The van der Waals surface area contributed by atoms with Gasteiger partial charge in [0.2, 0.25) is 12.2 Å². The van der Waals surface area contributed by atoms with E-state index in [0.717, 1.165) is 86.8 Å². The predicted octanol–water partition coefficient (Wildman–Crippen LogP) is 0.708. The lowest BCUT2D eigenvalue weighted by Crippen LogP contribution is -2.61. The first-order valence-electron chi connectivity index (χ1n) is 13.0. The number of ether oxygens (including phenoxy) is 2. The average Bonchev–Trinajstić information content (AvgIpc) is 3.21. The fourth-order valence-corrected chi connectivity index (χ4v) is 5.92. The molecule has 2 saturated heterocycles. The van der Waals surface area contributed by atoms with Gasteiger partial charge in [-0.15, -0.1) is 0 Å². The van der Waals surface area contributed by atoms with Crippen LogP contribution in [-0.2, 0) is 29.4 Å². The van der Waals surface area contributed by atoms with Gasteiger partial charge in [0.1, 0.15) is 18.3 Å². The van der Waals surface area contributed by atoms with Crippen LogP contribution in [0.3, 0.4) is 0 Å². The molecule has 0 amide bonds. The van der Waals surface area contributed by atoms with E-state index in [0.29, 0.717) is 11.6 Å². The van der Waals surface area contributed by atoms with Gasteiger partial charge in [-0.3, -0.25) is 4.68 Å². The molecule has 3 aliphatic rings. The molecule has 2 aromatic heterocycles. The first-order valence-corrected chi connectivity index (χ1v) is 13.0. The molecule has 11 nitrogen and oxygen atoms in total. The summed E-state index contributed by atoms with van der Waals surface area (Å²) in [6.07, 6.45) is -1.53. The van der Waals surface area contributed by atoms with Crippen LogP contribution in [0.15, 0.2) is 0 Å². The molecule has 0 saturated carbocycles. The van der Waals surface area contributed by atoms with E-state index in [4.69, 9.17) is 19.6 Å². The van der Waals surface area contributed by atoms with Gasteiger partial charge in [0.25, 0.3) is 0 Å². The number of aliphatic hydroxyl groups is 3. The molecule has 0 bridgehead atoms. The summed E-state index contributed by atoms with van der Waals surface area (Å²) in [6.45, 7) is 5.45. The van der Waals surface area contributed by atoms with Gasteiger partial charge in [-0.2, -0.15) is 10.1 Å².